The Balaban J connectivity index is 1.49. The summed E-state index contributed by atoms with van der Waals surface area (Å²) in [5.74, 6) is -0.100. The molecule has 7 nitrogen and oxygen atoms in total. The number of ether oxygens (including phenoxy) is 1. The lowest BCUT2D eigenvalue weighted by molar-refractivity contribution is -0.128. The van der Waals surface area contributed by atoms with Crippen molar-refractivity contribution in [3.05, 3.63) is 29.6 Å². The van der Waals surface area contributed by atoms with Gasteiger partial charge in [-0.3, -0.25) is 19.5 Å². The SMILES string of the molecule is CCc1ccnc(C(=O)N[C@H]2CC(=O)N(CCN3CCOCC3)C2)c1. The third-order valence-electron chi connectivity index (χ3n) is 4.80. The van der Waals surface area contributed by atoms with Crippen LogP contribution in [0.25, 0.3) is 0 Å². The van der Waals surface area contributed by atoms with Gasteiger partial charge in [0.1, 0.15) is 5.69 Å². The minimum Gasteiger partial charge on any atom is -0.379 e. The molecule has 25 heavy (non-hydrogen) atoms. The van der Waals surface area contributed by atoms with Crippen molar-refractivity contribution in [2.24, 2.45) is 0 Å². The van der Waals surface area contributed by atoms with Crippen LogP contribution in [0.3, 0.4) is 0 Å². The third kappa shape index (κ3) is 4.76. The zero-order chi connectivity index (χ0) is 17.6. The molecule has 0 aliphatic carbocycles. The third-order valence-corrected chi connectivity index (χ3v) is 4.80. The monoisotopic (exact) mass is 346 g/mol. The highest BCUT2D eigenvalue weighted by Gasteiger charge is 2.31. The fourth-order valence-corrected chi connectivity index (χ4v) is 3.25. The highest BCUT2D eigenvalue weighted by Crippen LogP contribution is 2.12. The summed E-state index contributed by atoms with van der Waals surface area (Å²) < 4.78 is 5.34. The molecule has 2 saturated heterocycles. The average molecular weight is 346 g/mol. The summed E-state index contributed by atoms with van der Waals surface area (Å²) in [6.07, 6.45) is 2.88. The lowest BCUT2D eigenvalue weighted by Crippen LogP contribution is -2.43. The Bertz CT molecular complexity index is 616. The van der Waals surface area contributed by atoms with E-state index >= 15 is 0 Å². The molecule has 0 saturated carbocycles. The molecular weight excluding hydrogens is 320 g/mol. The summed E-state index contributed by atoms with van der Waals surface area (Å²) in [4.78, 5) is 32.8. The Kier molecular flexibility index (Phi) is 5.99. The Labute approximate surface area is 148 Å². The highest BCUT2D eigenvalue weighted by molar-refractivity contribution is 5.93. The van der Waals surface area contributed by atoms with Gasteiger partial charge < -0.3 is 15.0 Å². The predicted octanol–water partition coefficient (Wildman–Crippen LogP) is 0.307. The van der Waals surface area contributed by atoms with Crippen LogP contribution in [0.1, 0.15) is 29.4 Å². The van der Waals surface area contributed by atoms with Crippen molar-refractivity contribution in [1.29, 1.82) is 0 Å². The van der Waals surface area contributed by atoms with E-state index in [0.29, 0.717) is 25.2 Å². The summed E-state index contributed by atoms with van der Waals surface area (Å²) in [6, 6.07) is 3.57. The van der Waals surface area contributed by atoms with Gasteiger partial charge in [0, 0.05) is 45.3 Å². The predicted molar refractivity (Wildman–Crippen MR) is 93.3 cm³/mol. The topological polar surface area (TPSA) is 74.8 Å². The number of amides is 2. The molecule has 0 unspecified atom stereocenters. The van der Waals surface area contributed by atoms with Crippen molar-refractivity contribution in [2.45, 2.75) is 25.8 Å². The maximum absolute atomic E-state index is 12.4. The van der Waals surface area contributed by atoms with E-state index in [4.69, 9.17) is 4.74 Å². The Morgan fingerprint density at radius 3 is 2.92 bits per heavy atom. The molecule has 2 fully saturated rings. The first-order valence-electron chi connectivity index (χ1n) is 8.99. The van der Waals surface area contributed by atoms with Crippen molar-refractivity contribution in [3.63, 3.8) is 0 Å². The standard InChI is InChI=1S/C18H26N4O3/c1-2-14-3-4-19-16(11-14)18(24)20-15-12-17(23)22(13-15)6-5-21-7-9-25-10-8-21/h3-4,11,15H,2,5-10,12-13H2,1H3,(H,20,24)/t15-/m0/s1. The van der Waals surface area contributed by atoms with Crippen LogP contribution in [0.5, 0.6) is 0 Å². The van der Waals surface area contributed by atoms with E-state index in [1.54, 1.807) is 6.20 Å². The summed E-state index contributed by atoms with van der Waals surface area (Å²) in [5.41, 5.74) is 1.49. The molecular formula is C18H26N4O3. The van der Waals surface area contributed by atoms with E-state index in [-0.39, 0.29) is 17.9 Å². The Morgan fingerprint density at radius 1 is 1.36 bits per heavy atom. The first kappa shape index (κ1) is 17.8. The van der Waals surface area contributed by atoms with E-state index < -0.39 is 0 Å². The number of nitrogens with zero attached hydrogens (tertiary/aromatic N) is 3. The van der Waals surface area contributed by atoms with Gasteiger partial charge in [-0.2, -0.15) is 0 Å². The number of aromatic nitrogens is 1. The molecule has 136 valence electrons. The van der Waals surface area contributed by atoms with Gasteiger partial charge in [-0.1, -0.05) is 6.92 Å². The summed E-state index contributed by atoms with van der Waals surface area (Å²) in [6.45, 7) is 7.53. The van der Waals surface area contributed by atoms with Gasteiger partial charge in [-0.25, -0.2) is 0 Å². The van der Waals surface area contributed by atoms with Gasteiger partial charge in [0.25, 0.3) is 5.91 Å². The first-order valence-corrected chi connectivity index (χ1v) is 8.99. The van der Waals surface area contributed by atoms with Crippen molar-refractivity contribution in [1.82, 2.24) is 20.1 Å². The molecule has 0 bridgehead atoms. The average Bonchev–Trinajstić information content (AvgIpc) is 3.00. The molecule has 1 N–H and O–H groups in total. The van der Waals surface area contributed by atoms with Gasteiger partial charge in [0.05, 0.1) is 19.3 Å². The van der Waals surface area contributed by atoms with Gasteiger partial charge in [-0.15, -0.1) is 0 Å². The van der Waals surface area contributed by atoms with Gasteiger partial charge >= 0.3 is 0 Å². The number of carbonyl (C=O) groups is 2. The van der Waals surface area contributed by atoms with Crippen LogP contribution >= 0.6 is 0 Å². The molecule has 0 aromatic carbocycles. The second-order valence-corrected chi connectivity index (χ2v) is 6.57. The van der Waals surface area contributed by atoms with Crippen LogP contribution < -0.4 is 5.32 Å². The van der Waals surface area contributed by atoms with Crippen molar-refractivity contribution >= 4 is 11.8 Å². The van der Waals surface area contributed by atoms with Crippen LogP contribution in [0.4, 0.5) is 0 Å². The second kappa shape index (κ2) is 8.40. The molecule has 1 aromatic heterocycles. The lowest BCUT2D eigenvalue weighted by Gasteiger charge is -2.28. The van der Waals surface area contributed by atoms with Crippen molar-refractivity contribution in [3.8, 4) is 0 Å². The molecule has 1 atom stereocenters. The first-order chi connectivity index (χ1) is 12.2. The van der Waals surface area contributed by atoms with E-state index in [1.807, 2.05) is 24.0 Å². The Hall–Kier alpha value is -1.99. The van der Waals surface area contributed by atoms with E-state index in [1.165, 1.54) is 0 Å². The molecule has 2 aliphatic heterocycles. The Morgan fingerprint density at radius 2 is 2.16 bits per heavy atom. The van der Waals surface area contributed by atoms with E-state index in [0.717, 1.165) is 44.8 Å². The number of rotatable bonds is 6. The summed E-state index contributed by atoms with van der Waals surface area (Å²) in [5, 5.41) is 2.95. The van der Waals surface area contributed by atoms with Crippen LogP contribution in [-0.2, 0) is 16.0 Å². The molecule has 3 rings (SSSR count). The molecule has 0 radical (unpaired) electrons. The minimum absolute atomic E-state index is 0.105. The molecule has 3 heterocycles. The van der Waals surface area contributed by atoms with Crippen LogP contribution in [0.2, 0.25) is 0 Å². The number of carbonyl (C=O) groups excluding carboxylic acids is 2. The molecule has 7 heteroatoms. The molecule has 2 aliphatic rings. The maximum Gasteiger partial charge on any atom is 0.270 e. The number of nitrogens with one attached hydrogen (secondary N) is 1. The fourth-order valence-electron chi connectivity index (χ4n) is 3.25. The summed E-state index contributed by atoms with van der Waals surface area (Å²) in [7, 11) is 0. The number of aryl methyl sites for hydroxylation is 1. The van der Waals surface area contributed by atoms with E-state index in [9.17, 15) is 9.59 Å². The number of pyridine rings is 1. The van der Waals surface area contributed by atoms with Crippen LogP contribution in [0.15, 0.2) is 18.3 Å². The fraction of sp³-hybridized carbons (Fsp3) is 0.611. The zero-order valence-corrected chi connectivity index (χ0v) is 14.7. The zero-order valence-electron chi connectivity index (χ0n) is 14.7. The van der Waals surface area contributed by atoms with Crippen molar-refractivity contribution < 1.29 is 14.3 Å². The van der Waals surface area contributed by atoms with Crippen LogP contribution in [-0.4, -0.2) is 78.6 Å². The quantitative estimate of drug-likeness (QED) is 0.802. The summed E-state index contributed by atoms with van der Waals surface area (Å²) >= 11 is 0. The van der Waals surface area contributed by atoms with Crippen LogP contribution in [0, 0.1) is 0 Å². The van der Waals surface area contributed by atoms with Crippen molar-refractivity contribution in [2.75, 3.05) is 45.9 Å². The minimum atomic E-state index is -0.205. The second-order valence-electron chi connectivity index (χ2n) is 6.57. The lowest BCUT2D eigenvalue weighted by atomic mass is 10.1. The molecule has 1 aromatic rings. The maximum atomic E-state index is 12.4. The largest absolute Gasteiger partial charge is 0.379 e. The molecule has 2 amide bonds. The number of hydrogen-bond acceptors (Lipinski definition) is 5. The number of morpholine rings is 1. The van der Waals surface area contributed by atoms with E-state index in [2.05, 4.69) is 15.2 Å². The van der Waals surface area contributed by atoms with Gasteiger partial charge in [-0.05, 0) is 24.1 Å². The molecule has 0 spiro atoms. The van der Waals surface area contributed by atoms with Gasteiger partial charge in [0.2, 0.25) is 5.91 Å². The number of likely N-dealkylation sites (tertiary alicyclic amines) is 1. The number of hydrogen-bond donors (Lipinski definition) is 1. The smallest absolute Gasteiger partial charge is 0.270 e. The highest BCUT2D eigenvalue weighted by atomic mass is 16.5. The van der Waals surface area contributed by atoms with Gasteiger partial charge in [0.15, 0.2) is 0 Å². The normalized spacial score (nSPS) is 21.6.